The second-order valence-electron chi connectivity index (χ2n) is 10.7. The molecule has 1 aromatic rings. The summed E-state index contributed by atoms with van der Waals surface area (Å²) >= 11 is 0. The zero-order valence-corrected chi connectivity index (χ0v) is 19.8. The van der Waals surface area contributed by atoms with E-state index in [1.807, 2.05) is 6.92 Å². The highest BCUT2D eigenvalue weighted by molar-refractivity contribution is 5.93. The summed E-state index contributed by atoms with van der Waals surface area (Å²) in [5.41, 5.74) is 1.14. The van der Waals surface area contributed by atoms with Crippen molar-refractivity contribution in [2.24, 2.45) is 17.3 Å². The molecule has 0 radical (unpaired) electrons. The molecular formula is C28H26F5NO2. The van der Waals surface area contributed by atoms with E-state index in [4.69, 9.17) is 6.42 Å². The number of nitrogens with one attached hydrogen (secondary N) is 1. The minimum Gasteiger partial charge on any atom is -0.331 e. The van der Waals surface area contributed by atoms with E-state index in [0.717, 1.165) is 28.9 Å². The standard InChI is InChI=1S/C28H26F5NO2/c1-3-27(34-25(36)28(31,32)33)11-10-21-19-7-4-15-12-17(35)6-8-18(15)24(19)20(14-26(21,27)2)16-5-9-22(29)23(30)13-16/h1,5,9,12-13,19-21H,4,6-8,10-11,14H2,2H3,(H,34,36)/t19-,20+,21-,26-,27-/m0/s1. The van der Waals surface area contributed by atoms with Crippen molar-refractivity contribution in [2.45, 2.75) is 69.5 Å². The maximum absolute atomic E-state index is 14.4. The Morgan fingerprint density at radius 3 is 2.56 bits per heavy atom. The number of allylic oxidation sites excluding steroid dienone is 4. The van der Waals surface area contributed by atoms with Crippen molar-refractivity contribution < 1.29 is 31.5 Å². The number of amides is 1. The third kappa shape index (κ3) is 3.62. The number of carbonyl (C=O) groups is 2. The normalized spacial score (nSPS) is 33.8. The topological polar surface area (TPSA) is 46.2 Å². The molecule has 190 valence electrons. The lowest BCUT2D eigenvalue weighted by atomic mass is 9.50. The molecule has 0 unspecified atom stereocenters. The Labute approximate surface area is 206 Å². The van der Waals surface area contributed by atoms with E-state index in [9.17, 15) is 31.5 Å². The Bertz CT molecular complexity index is 1260. The molecule has 0 heterocycles. The van der Waals surface area contributed by atoms with Crippen molar-refractivity contribution >= 4 is 11.7 Å². The number of ketones is 1. The first-order chi connectivity index (χ1) is 16.9. The first-order valence-corrected chi connectivity index (χ1v) is 12.2. The second-order valence-corrected chi connectivity index (χ2v) is 10.7. The molecule has 1 N–H and O–H groups in total. The summed E-state index contributed by atoms with van der Waals surface area (Å²) in [6.45, 7) is 1.82. The van der Waals surface area contributed by atoms with Gasteiger partial charge in [0.05, 0.1) is 0 Å². The van der Waals surface area contributed by atoms with Gasteiger partial charge in [0.1, 0.15) is 5.54 Å². The van der Waals surface area contributed by atoms with Crippen LogP contribution in [0, 0.1) is 41.2 Å². The number of halogens is 5. The molecule has 5 rings (SSSR count). The van der Waals surface area contributed by atoms with Crippen LogP contribution in [0.5, 0.6) is 0 Å². The predicted molar refractivity (Wildman–Crippen MR) is 122 cm³/mol. The fourth-order valence-corrected chi connectivity index (χ4v) is 7.46. The lowest BCUT2D eigenvalue weighted by Crippen LogP contribution is -2.61. The van der Waals surface area contributed by atoms with Gasteiger partial charge in [0.15, 0.2) is 17.4 Å². The van der Waals surface area contributed by atoms with Crippen LogP contribution < -0.4 is 5.32 Å². The number of benzene rings is 1. The molecule has 4 aliphatic carbocycles. The highest BCUT2D eigenvalue weighted by atomic mass is 19.4. The second kappa shape index (κ2) is 8.29. The molecule has 4 aliphatic rings. The van der Waals surface area contributed by atoms with Gasteiger partial charge in [-0.15, -0.1) is 6.42 Å². The minimum absolute atomic E-state index is 0.0553. The quantitative estimate of drug-likeness (QED) is 0.403. The monoisotopic (exact) mass is 503 g/mol. The summed E-state index contributed by atoms with van der Waals surface area (Å²) in [5.74, 6) is -2.08. The number of hydrogen-bond donors (Lipinski definition) is 1. The van der Waals surface area contributed by atoms with Crippen molar-refractivity contribution in [3.05, 3.63) is 58.2 Å². The first-order valence-electron chi connectivity index (χ1n) is 12.2. The molecule has 1 amide bonds. The molecular weight excluding hydrogens is 477 g/mol. The van der Waals surface area contributed by atoms with Crippen molar-refractivity contribution in [1.29, 1.82) is 0 Å². The molecule has 0 saturated heterocycles. The van der Waals surface area contributed by atoms with Crippen LogP contribution in [0.1, 0.15) is 63.4 Å². The number of terminal acetylenes is 1. The zero-order chi connectivity index (χ0) is 26.0. The van der Waals surface area contributed by atoms with Gasteiger partial charge >= 0.3 is 12.1 Å². The average molecular weight is 504 g/mol. The molecule has 0 aliphatic heterocycles. The fraction of sp³-hybridized carbons (Fsp3) is 0.500. The molecule has 36 heavy (non-hydrogen) atoms. The summed E-state index contributed by atoms with van der Waals surface area (Å²) in [7, 11) is 0. The van der Waals surface area contributed by atoms with E-state index in [2.05, 4.69) is 11.2 Å². The smallest absolute Gasteiger partial charge is 0.331 e. The highest BCUT2D eigenvalue weighted by Crippen LogP contribution is 2.66. The number of fused-ring (bicyclic) bond motifs is 4. The molecule has 8 heteroatoms. The van der Waals surface area contributed by atoms with E-state index >= 15 is 0 Å². The van der Waals surface area contributed by atoms with Crippen LogP contribution in [0.25, 0.3) is 0 Å². The number of carbonyl (C=O) groups excluding carboxylic acids is 2. The maximum atomic E-state index is 14.4. The van der Waals surface area contributed by atoms with Crippen molar-refractivity contribution in [1.82, 2.24) is 5.32 Å². The van der Waals surface area contributed by atoms with Crippen LogP contribution in [0.2, 0.25) is 0 Å². The van der Waals surface area contributed by atoms with Gasteiger partial charge in [-0.3, -0.25) is 9.59 Å². The van der Waals surface area contributed by atoms with Crippen LogP contribution in [0.4, 0.5) is 22.0 Å². The number of alkyl halides is 3. The van der Waals surface area contributed by atoms with Gasteiger partial charge in [-0.05, 0) is 85.3 Å². The van der Waals surface area contributed by atoms with Crippen LogP contribution in [-0.4, -0.2) is 23.4 Å². The van der Waals surface area contributed by atoms with Crippen LogP contribution in [0.3, 0.4) is 0 Å². The maximum Gasteiger partial charge on any atom is 0.471 e. The fourth-order valence-electron chi connectivity index (χ4n) is 7.46. The van der Waals surface area contributed by atoms with E-state index in [0.29, 0.717) is 37.7 Å². The van der Waals surface area contributed by atoms with Crippen LogP contribution in [-0.2, 0) is 9.59 Å². The SMILES string of the molecule is C#C[C@]1(NC(=O)C(F)(F)F)CC[C@H]2[C@@H]3CCC4=CC(=O)CCC4=C3[C@@H](c3ccc(F)c(F)c3)C[C@@]21C. The van der Waals surface area contributed by atoms with Gasteiger partial charge in [-0.2, -0.15) is 13.2 Å². The Morgan fingerprint density at radius 2 is 1.89 bits per heavy atom. The van der Waals surface area contributed by atoms with Gasteiger partial charge in [-0.1, -0.05) is 24.5 Å². The zero-order valence-electron chi connectivity index (χ0n) is 19.8. The number of rotatable bonds is 2. The molecule has 5 atom stereocenters. The Morgan fingerprint density at radius 1 is 1.14 bits per heavy atom. The van der Waals surface area contributed by atoms with Gasteiger partial charge in [0.2, 0.25) is 0 Å². The molecule has 1 aromatic carbocycles. The van der Waals surface area contributed by atoms with E-state index in [1.165, 1.54) is 6.07 Å². The van der Waals surface area contributed by atoms with Gasteiger partial charge in [0.25, 0.3) is 0 Å². The summed E-state index contributed by atoms with van der Waals surface area (Å²) < 4.78 is 68.0. The molecule has 3 nitrogen and oxygen atoms in total. The largest absolute Gasteiger partial charge is 0.471 e. The van der Waals surface area contributed by atoms with Crippen LogP contribution >= 0.6 is 0 Å². The average Bonchev–Trinajstić information content (AvgIpc) is 3.11. The van der Waals surface area contributed by atoms with Crippen LogP contribution in [0.15, 0.2) is 41.0 Å². The molecule has 0 aromatic heterocycles. The molecule has 0 bridgehead atoms. The molecule has 2 fully saturated rings. The Balaban J connectivity index is 1.67. The lowest BCUT2D eigenvalue weighted by molar-refractivity contribution is -0.176. The van der Waals surface area contributed by atoms with E-state index < -0.39 is 40.6 Å². The summed E-state index contributed by atoms with van der Waals surface area (Å²) in [4.78, 5) is 24.2. The third-order valence-electron chi connectivity index (χ3n) is 9.11. The van der Waals surface area contributed by atoms with Gasteiger partial charge < -0.3 is 5.32 Å². The van der Waals surface area contributed by atoms with Crippen molar-refractivity contribution in [3.8, 4) is 12.3 Å². The van der Waals surface area contributed by atoms with Gasteiger partial charge in [0, 0.05) is 17.8 Å². The summed E-state index contributed by atoms with van der Waals surface area (Å²) in [6.07, 6.45) is 5.68. The lowest BCUT2D eigenvalue weighted by Gasteiger charge is -2.55. The molecule has 2 saturated carbocycles. The Kier molecular flexibility index (Phi) is 5.70. The number of hydrogen-bond acceptors (Lipinski definition) is 2. The minimum atomic E-state index is -5.08. The van der Waals surface area contributed by atoms with E-state index in [-0.39, 0.29) is 30.5 Å². The van der Waals surface area contributed by atoms with Gasteiger partial charge in [-0.25, -0.2) is 8.78 Å². The predicted octanol–water partition coefficient (Wildman–Crippen LogP) is 5.91. The summed E-state index contributed by atoms with van der Waals surface area (Å²) in [5, 5.41) is 2.17. The van der Waals surface area contributed by atoms with Crippen molar-refractivity contribution in [3.63, 3.8) is 0 Å². The highest BCUT2D eigenvalue weighted by Gasteiger charge is 2.64. The Hall–Kier alpha value is -2.95. The first kappa shape index (κ1) is 24.7. The van der Waals surface area contributed by atoms with E-state index in [1.54, 1.807) is 6.08 Å². The third-order valence-corrected chi connectivity index (χ3v) is 9.11. The summed E-state index contributed by atoms with van der Waals surface area (Å²) in [6, 6.07) is 3.70. The van der Waals surface area contributed by atoms with Crippen molar-refractivity contribution in [2.75, 3.05) is 0 Å². The molecule has 0 spiro atoms.